The number of halogens is 2. The lowest BCUT2D eigenvalue weighted by molar-refractivity contribution is -0.121. The molecule has 1 aromatic carbocycles. The Morgan fingerprint density at radius 2 is 1.74 bits per heavy atom. The highest BCUT2D eigenvalue weighted by Gasteiger charge is 2.29. The topological polar surface area (TPSA) is 108 Å². The number of benzene rings is 1. The number of amides is 2. The Hall–Kier alpha value is -3.76. The van der Waals surface area contributed by atoms with Crippen LogP contribution in [0.3, 0.4) is 0 Å². The van der Waals surface area contributed by atoms with E-state index in [0.717, 1.165) is 0 Å². The fraction of sp³-hybridized carbons (Fsp3) is 0.250. The van der Waals surface area contributed by atoms with Gasteiger partial charge in [-0.1, -0.05) is 11.6 Å². The minimum atomic E-state index is -0.444. The summed E-state index contributed by atoms with van der Waals surface area (Å²) in [7, 11) is 0. The maximum Gasteiger partial charge on any atom is 0.256 e. The van der Waals surface area contributed by atoms with Gasteiger partial charge in [0.1, 0.15) is 28.3 Å². The largest absolute Gasteiger partial charge is 0.456 e. The monoisotopic (exact) mass is 499 g/mol. The van der Waals surface area contributed by atoms with E-state index in [9.17, 15) is 18.8 Å². The van der Waals surface area contributed by atoms with Gasteiger partial charge in [-0.2, -0.15) is 0 Å². The zero-order valence-electron chi connectivity index (χ0n) is 18.8. The van der Waals surface area contributed by atoms with Crippen molar-refractivity contribution < 1.29 is 18.7 Å². The number of hydrogen-bond donors (Lipinski definition) is 2. The van der Waals surface area contributed by atoms with Gasteiger partial charge in [0.05, 0.1) is 17.8 Å². The summed E-state index contributed by atoms with van der Waals surface area (Å²) in [4.78, 5) is 47.0. The summed E-state index contributed by atoms with van der Waals surface area (Å²) in [6, 6.07) is 11.1. The molecule has 0 spiro atoms. The van der Waals surface area contributed by atoms with Crippen LogP contribution in [0.1, 0.15) is 17.3 Å². The highest BCUT2D eigenvalue weighted by atomic mass is 35.5. The standard InChI is InChI=1S/C24H23ClFN5O4/c1-15(30-10-12-31(13-11-30)24(34)19-7-9-21(32)29-22(19)25)23(33)28-20-8-6-18(14-27-20)35-17-4-2-16(26)3-5-17/h2-9,14-15H,10-13H2,1H3,(H,29,32)(H,27,28,33). The molecule has 2 aromatic heterocycles. The fourth-order valence-corrected chi connectivity index (χ4v) is 3.88. The first-order valence-corrected chi connectivity index (χ1v) is 11.3. The van der Waals surface area contributed by atoms with E-state index in [4.69, 9.17) is 16.3 Å². The number of pyridine rings is 2. The summed E-state index contributed by atoms with van der Waals surface area (Å²) in [5.41, 5.74) is -0.135. The lowest BCUT2D eigenvalue weighted by atomic mass is 10.2. The molecule has 4 rings (SSSR count). The fourth-order valence-electron chi connectivity index (χ4n) is 3.65. The molecule has 1 unspecified atom stereocenters. The number of ether oxygens (including phenoxy) is 1. The molecule has 9 nitrogen and oxygen atoms in total. The number of anilines is 1. The normalized spacial score (nSPS) is 14.9. The lowest BCUT2D eigenvalue weighted by Crippen LogP contribution is -2.54. The molecule has 1 aliphatic heterocycles. The third kappa shape index (κ3) is 6.03. The van der Waals surface area contributed by atoms with Crippen LogP contribution in [0.2, 0.25) is 5.15 Å². The van der Waals surface area contributed by atoms with Gasteiger partial charge >= 0.3 is 0 Å². The number of rotatable bonds is 6. The summed E-state index contributed by atoms with van der Waals surface area (Å²) in [6.45, 7) is 3.62. The number of nitrogens with one attached hydrogen (secondary N) is 2. The molecule has 1 aliphatic rings. The first-order chi connectivity index (χ1) is 16.8. The van der Waals surface area contributed by atoms with E-state index in [2.05, 4.69) is 15.3 Å². The first-order valence-electron chi connectivity index (χ1n) is 10.9. The minimum Gasteiger partial charge on any atom is -0.456 e. The molecular weight excluding hydrogens is 477 g/mol. The van der Waals surface area contributed by atoms with Crippen LogP contribution < -0.4 is 15.6 Å². The average molecular weight is 500 g/mol. The van der Waals surface area contributed by atoms with Crippen molar-refractivity contribution in [3.05, 3.63) is 81.6 Å². The maximum atomic E-state index is 13.0. The zero-order chi connectivity index (χ0) is 24.9. The number of aromatic amines is 1. The Bertz CT molecular complexity index is 1260. The van der Waals surface area contributed by atoms with E-state index >= 15 is 0 Å². The predicted molar refractivity (Wildman–Crippen MR) is 128 cm³/mol. The van der Waals surface area contributed by atoms with E-state index in [1.54, 1.807) is 24.0 Å². The molecule has 3 heterocycles. The van der Waals surface area contributed by atoms with Gasteiger partial charge in [-0.25, -0.2) is 9.37 Å². The SMILES string of the molecule is CC(C(=O)Nc1ccc(Oc2ccc(F)cc2)cn1)N1CCN(C(=O)c2ccc(=O)[nH]c2Cl)CC1. The molecule has 2 N–H and O–H groups in total. The van der Waals surface area contributed by atoms with Crippen molar-refractivity contribution in [2.75, 3.05) is 31.5 Å². The molecule has 1 saturated heterocycles. The second kappa shape index (κ2) is 10.7. The van der Waals surface area contributed by atoms with Crippen LogP contribution >= 0.6 is 11.6 Å². The second-order valence-electron chi connectivity index (χ2n) is 7.98. The molecule has 0 aliphatic carbocycles. The quantitative estimate of drug-likeness (QED) is 0.504. The number of H-pyrrole nitrogens is 1. The number of carbonyl (C=O) groups is 2. The van der Waals surface area contributed by atoms with E-state index < -0.39 is 6.04 Å². The molecule has 35 heavy (non-hydrogen) atoms. The Kier molecular flexibility index (Phi) is 7.42. The van der Waals surface area contributed by atoms with Gasteiger partial charge < -0.3 is 19.9 Å². The third-order valence-electron chi connectivity index (χ3n) is 5.67. The summed E-state index contributed by atoms with van der Waals surface area (Å²) in [6.07, 6.45) is 1.47. The van der Waals surface area contributed by atoms with Crippen LogP contribution in [0, 0.1) is 5.82 Å². The molecule has 3 aromatic rings. The van der Waals surface area contributed by atoms with E-state index in [0.29, 0.717) is 43.5 Å². The Labute approximate surface area is 205 Å². The van der Waals surface area contributed by atoms with Gasteiger partial charge in [-0.05, 0) is 49.4 Å². The van der Waals surface area contributed by atoms with Gasteiger partial charge in [-0.15, -0.1) is 0 Å². The number of piperazine rings is 1. The summed E-state index contributed by atoms with van der Waals surface area (Å²) in [5.74, 6) is 0.442. The average Bonchev–Trinajstić information content (AvgIpc) is 2.86. The Morgan fingerprint density at radius 1 is 1.06 bits per heavy atom. The highest BCUT2D eigenvalue weighted by Crippen LogP contribution is 2.22. The first kappa shape index (κ1) is 24.4. The number of hydrogen-bond acceptors (Lipinski definition) is 6. The molecular formula is C24H23ClFN5O4. The van der Waals surface area contributed by atoms with Crippen molar-refractivity contribution in [1.82, 2.24) is 19.8 Å². The molecule has 0 saturated carbocycles. The van der Waals surface area contributed by atoms with Crippen LogP contribution in [0.5, 0.6) is 11.5 Å². The van der Waals surface area contributed by atoms with Crippen LogP contribution in [-0.4, -0.2) is 63.8 Å². The summed E-state index contributed by atoms with van der Waals surface area (Å²) in [5, 5.41) is 2.79. The van der Waals surface area contributed by atoms with Crippen molar-refractivity contribution in [1.29, 1.82) is 0 Å². The molecule has 11 heteroatoms. The molecule has 1 fully saturated rings. The van der Waals surface area contributed by atoms with E-state index in [1.807, 2.05) is 4.90 Å². The van der Waals surface area contributed by atoms with Crippen molar-refractivity contribution in [3.63, 3.8) is 0 Å². The van der Waals surface area contributed by atoms with Gasteiger partial charge in [0.2, 0.25) is 11.5 Å². The molecule has 0 bridgehead atoms. The van der Waals surface area contributed by atoms with Crippen molar-refractivity contribution in [2.45, 2.75) is 13.0 Å². The van der Waals surface area contributed by atoms with Gasteiger partial charge in [-0.3, -0.25) is 19.3 Å². The smallest absolute Gasteiger partial charge is 0.256 e. The Morgan fingerprint density at radius 3 is 2.37 bits per heavy atom. The van der Waals surface area contributed by atoms with Gasteiger partial charge in [0.15, 0.2) is 0 Å². The highest BCUT2D eigenvalue weighted by molar-refractivity contribution is 6.32. The lowest BCUT2D eigenvalue weighted by Gasteiger charge is -2.37. The number of carbonyl (C=O) groups excluding carboxylic acids is 2. The van der Waals surface area contributed by atoms with Gasteiger partial charge in [0, 0.05) is 32.2 Å². The summed E-state index contributed by atoms with van der Waals surface area (Å²) >= 11 is 6.00. The Balaban J connectivity index is 1.28. The van der Waals surface area contributed by atoms with Crippen LogP contribution in [0.15, 0.2) is 59.5 Å². The number of nitrogens with zero attached hydrogens (tertiary/aromatic N) is 3. The van der Waals surface area contributed by atoms with Crippen molar-refractivity contribution in [3.8, 4) is 11.5 Å². The maximum absolute atomic E-state index is 13.0. The van der Waals surface area contributed by atoms with Crippen molar-refractivity contribution in [2.24, 2.45) is 0 Å². The van der Waals surface area contributed by atoms with E-state index in [-0.39, 0.29) is 33.9 Å². The predicted octanol–water partition coefficient (Wildman–Crippen LogP) is 3.14. The van der Waals surface area contributed by atoms with Crippen molar-refractivity contribution >= 4 is 29.2 Å². The van der Waals surface area contributed by atoms with E-state index in [1.165, 1.54) is 42.6 Å². The molecule has 1 atom stereocenters. The molecule has 2 amide bonds. The third-order valence-corrected chi connectivity index (χ3v) is 5.96. The molecule has 0 radical (unpaired) electrons. The molecule has 182 valence electrons. The van der Waals surface area contributed by atoms with Crippen LogP contribution in [0.25, 0.3) is 0 Å². The second-order valence-corrected chi connectivity index (χ2v) is 8.36. The van der Waals surface area contributed by atoms with Gasteiger partial charge in [0.25, 0.3) is 5.91 Å². The zero-order valence-corrected chi connectivity index (χ0v) is 19.6. The summed E-state index contributed by atoms with van der Waals surface area (Å²) < 4.78 is 18.6. The van der Waals surface area contributed by atoms with Crippen LogP contribution in [0.4, 0.5) is 10.2 Å². The number of aromatic nitrogens is 2. The minimum absolute atomic E-state index is 0.0132. The van der Waals surface area contributed by atoms with Crippen LogP contribution in [-0.2, 0) is 4.79 Å².